The van der Waals surface area contributed by atoms with E-state index in [1.807, 2.05) is 12.1 Å². The number of rotatable bonds is 9. The number of nitrogens with one attached hydrogen (secondary N) is 1. The van der Waals surface area contributed by atoms with Crippen molar-refractivity contribution < 1.29 is 18.3 Å². The predicted molar refractivity (Wildman–Crippen MR) is 123 cm³/mol. The highest BCUT2D eigenvalue weighted by Crippen LogP contribution is 2.30. The lowest BCUT2D eigenvalue weighted by molar-refractivity contribution is -0.116. The highest BCUT2D eigenvalue weighted by molar-refractivity contribution is 5.77. The van der Waals surface area contributed by atoms with E-state index in [0.29, 0.717) is 12.2 Å². The summed E-state index contributed by atoms with van der Waals surface area (Å²) in [6.45, 7) is 6.77. The molecule has 0 saturated carbocycles. The number of nitrogens with zero attached hydrogens (tertiary/aromatic N) is 1. The summed E-state index contributed by atoms with van der Waals surface area (Å²) in [5.74, 6) is -1.35. The van der Waals surface area contributed by atoms with Crippen molar-refractivity contribution in [3.05, 3.63) is 77.1 Å². The topological polar surface area (TPSA) is 55.0 Å². The van der Waals surface area contributed by atoms with E-state index in [2.05, 4.69) is 30.1 Å². The van der Waals surface area contributed by atoms with Crippen molar-refractivity contribution in [2.75, 3.05) is 0 Å². The fourth-order valence-electron chi connectivity index (χ4n) is 3.21. The van der Waals surface area contributed by atoms with Crippen molar-refractivity contribution in [1.82, 2.24) is 10.2 Å². The van der Waals surface area contributed by atoms with Crippen LogP contribution in [0.4, 0.5) is 8.78 Å². The third-order valence-electron chi connectivity index (χ3n) is 4.95. The Bertz CT molecular complexity index is 962. The van der Waals surface area contributed by atoms with Crippen LogP contribution in [0.25, 0.3) is 0 Å². The largest absolute Gasteiger partial charge is 0.457 e. The van der Waals surface area contributed by atoms with Crippen molar-refractivity contribution in [1.29, 1.82) is 0 Å². The third-order valence-corrected chi connectivity index (χ3v) is 4.95. The van der Waals surface area contributed by atoms with Gasteiger partial charge < -0.3 is 4.74 Å². The predicted octanol–water partition coefficient (Wildman–Crippen LogP) is 7.04. The zero-order valence-electron chi connectivity index (χ0n) is 19.3. The van der Waals surface area contributed by atoms with Gasteiger partial charge >= 0.3 is 0 Å². The molecule has 1 aromatic heterocycles. The van der Waals surface area contributed by atoms with E-state index in [0.717, 1.165) is 31.2 Å². The average molecular weight is 443 g/mol. The Morgan fingerprint density at radius 2 is 1.72 bits per heavy atom. The van der Waals surface area contributed by atoms with E-state index in [1.54, 1.807) is 31.3 Å². The third kappa shape index (κ3) is 8.25. The monoisotopic (exact) mass is 442 g/mol. The lowest BCUT2D eigenvalue weighted by Gasteiger charge is -2.13. The van der Waals surface area contributed by atoms with Crippen molar-refractivity contribution in [2.24, 2.45) is 0 Å². The van der Waals surface area contributed by atoms with Crippen molar-refractivity contribution >= 4 is 5.78 Å². The molecule has 0 unspecified atom stereocenters. The SMILES string of the molecule is CC(=O)Cc1ccn[nH]1.CCCCc1ccc(Oc2ccc(C(C)(F)F)cc2)cc1CC. The van der Waals surface area contributed by atoms with E-state index in [4.69, 9.17) is 4.74 Å². The number of aromatic nitrogens is 2. The van der Waals surface area contributed by atoms with Gasteiger partial charge in [0.2, 0.25) is 0 Å². The number of carbonyl (C=O) groups excluding carboxylic acids is 1. The molecule has 1 heterocycles. The quantitative estimate of drug-likeness (QED) is 0.387. The van der Waals surface area contributed by atoms with Crippen LogP contribution in [0.3, 0.4) is 0 Å². The first-order valence-corrected chi connectivity index (χ1v) is 11.0. The Balaban J connectivity index is 0.000000336. The molecule has 3 aromatic rings. The molecule has 2 aromatic carbocycles. The van der Waals surface area contributed by atoms with Crippen molar-refractivity contribution in [3.8, 4) is 11.5 Å². The van der Waals surface area contributed by atoms with E-state index < -0.39 is 5.92 Å². The summed E-state index contributed by atoms with van der Waals surface area (Å²) in [5, 5.41) is 6.40. The van der Waals surface area contributed by atoms with Gasteiger partial charge in [-0.1, -0.05) is 26.3 Å². The van der Waals surface area contributed by atoms with Crippen molar-refractivity contribution in [2.45, 2.75) is 65.7 Å². The van der Waals surface area contributed by atoms with Gasteiger partial charge in [-0.25, -0.2) is 8.78 Å². The molecule has 32 heavy (non-hydrogen) atoms. The Hall–Kier alpha value is -3.02. The van der Waals surface area contributed by atoms with Crippen molar-refractivity contribution in [3.63, 3.8) is 0 Å². The van der Waals surface area contributed by atoms with E-state index >= 15 is 0 Å². The molecule has 0 radical (unpaired) electrons. The summed E-state index contributed by atoms with van der Waals surface area (Å²) in [7, 11) is 0. The second kappa shape index (κ2) is 12.1. The number of H-pyrrole nitrogens is 1. The van der Waals surface area contributed by atoms with Gasteiger partial charge in [-0.05, 0) is 79.8 Å². The van der Waals surface area contributed by atoms with Gasteiger partial charge in [0.05, 0.1) is 0 Å². The fraction of sp³-hybridized carbons (Fsp3) is 0.385. The van der Waals surface area contributed by atoms with E-state index in [-0.39, 0.29) is 11.3 Å². The Labute approximate surface area is 189 Å². The zero-order chi connectivity index (χ0) is 23.6. The minimum atomic E-state index is -2.82. The summed E-state index contributed by atoms with van der Waals surface area (Å²) in [4.78, 5) is 10.5. The van der Waals surface area contributed by atoms with Gasteiger partial charge in [0.25, 0.3) is 5.92 Å². The molecule has 3 rings (SSSR count). The molecule has 6 heteroatoms. The number of ether oxygens (including phenoxy) is 1. The van der Waals surface area contributed by atoms with Crippen LogP contribution < -0.4 is 4.74 Å². The average Bonchev–Trinajstić information content (AvgIpc) is 3.25. The zero-order valence-corrected chi connectivity index (χ0v) is 19.3. The maximum atomic E-state index is 13.2. The van der Waals surface area contributed by atoms with Gasteiger partial charge in [0.15, 0.2) is 0 Å². The van der Waals surface area contributed by atoms with Gasteiger partial charge in [-0.3, -0.25) is 9.89 Å². The van der Waals surface area contributed by atoms with Crippen LogP contribution in [-0.2, 0) is 30.0 Å². The minimum Gasteiger partial charge on any atom is -0.457 e. The van der Waals surface area contributed by atoms with Crippen LogP contribution in [0.15, 0.2) is 54.7 Å². The maximum absolute atomic E-state index is 13.2. The molecule has 0 amide bonds. The van der Waals surface area contributed by atoms with E-state index in [1.165, 1.54) is 36.1 Å². The summed E-state index contributed by atoms with van der Waals surface area (Å²) in [6, 6.07) is 13.9. The molecule has 0 saturated heterocycles. The van der Waals surface area contributed by atoms with Crippen LogP contribution in [0.2, 0.25) is 0 Å². The molecule has 0 spiro atoms. The molecule has 0 aliphatic rings. The van der Waals surface area contributed by atoms with Crippen LogP contribution in [0.1, 0.15) is 62.9 Å². The van der Waals surface area contributed by atoms with Gasteiger partial charge in [0.1, 0.15) is 17.3 Å². The molecule has 172 valence electrons. The van der Waals surface area contributed by atoms with Gasteiger partial charge in [0, 0.05) is 30.8 Å². The highest BCUT2D eigenvalue weighted by Gasteiger charge is 2.23. The number of aromatic amines is 1. The second-order valence-corrected chi connectivity index (χ2v) is 7.86. The first-order chi connectivity index (χ1) is 15.2. The van der Waals surface area contributed by atoms with Crippen LogP contribution in [0.5, 0.6) is 11.5 Å². The lowest BCUT2D eigenvalue weighted by atomic mass is 10.00. The standard InChI is InChI=1S/C20H24F2O.C6H8N2O/c1-4-6-7-16-8-11-19(14-15(16)5-2)23-18-12-9-17(10-13-18)20(3,21)22;1-5(9)4-6-2-3-7-8-6/h8-14H,4-7H2,1-3H3;2-3H,4H2,1H3,(H,7,8). The smallest absolute Gasteiger partial charge is 0.270 e. The van der Waals surface area contributed by atoms with Crippen LogP contribution in [-0.4, -0.2) is 16.0 Å². The van der Waals surface area contributed by atoms with Gasteiger partial charge in [-0.15, -0.1) is 0 Å². The van der Waals surface area contributed by atoms with E-state index in [9.17, 15) is 13.6 Å². The van der Waals surface area contributed by atoms with Crippen LogP contribution >= 0.6 is 0 Å². The second-order valence-electron chi connectivity index (χ2n) is 7.86. The summed E-state index contributed by atoms with van der Waals surface area (Å²) >= 11 is 0. The van der Waals surface area contributed by atoms with Gasteiger partial charge in [-0.2, -0.15) is 5.10 Å². The van der Waals surface area contributed by atoms with Crippen LogP contribution in [0, 0.1) is 0 Å². The molecule has 0 atom stereocenters. The molecule has 0 aliphatic carbocycles. The molecule has 1 N–H and O–H groups in total. The number of ketones is 1. The molecule has 0 aliphatic heterocycles. The number of hydrogen-bond acceptors (Lipinski definition) is 3. The molecule has 0 bridgehead atoms. The number of benzene rings is 2. The summed E-state index contributed by atoms with van der Waals surface area (Å²) in [6.07, 6.45) is 6.49. The number of Topliss-reactive ketones (excluding diaryl/α,β-unsaturated/α-hetero) is 1. The highest BCUT2D eigenvalue weighted by atomic mass is 19.3. The number of carbonyl (C=O) groups is 1. The Kier molecular flexibility index (Phi) is 9.57. The lowest BCUT2D eigenvalue weighted by Crippen LogP contribution is -2.06. The number of alkyl halides is 2. The number of halogens is 2. The molecule has 4 nitrogen and oxygen atoms in total. The number of aryl methyl sites for hydroxylation is 2. The molecule has 0 fully saturated rings. The summed E-state index contributed by atoms with van der Waals surface area (Å²) < 4.78 is 32.2. The normalized spacial score (nSPS) is 10.9. The number of hydrogen-bond donors (Lipinski definition) is 1. The fourth-order valence-corrected chi connectivity index (χ4v) is 3.21. The summed E-state index contributed by atoms with van der Waals surface area (Å²) in [5.41, 5.74) is 3.52. The maximum Gasteiger partial charge on any atom is 0.270 e. The molecular weight excluding hydrogens is 410 g/mol. The molecular formula is C26H32F2N2O2. The first kappa shape index (κ1) is 25.2. The number of unbranched alkanes of at least 4 members (excludes halogenated alkanes) is 1. The Morgan fingerprint density at radius 3 is 2.25 bits per heavy atom. The Morgan fingerprint density at radius 1 is 1.03 bits per heavy atom. The first-order valence-electron chi connectivity index (χ1n) is 11.0. The minimum absolute atomic E-state index is 0.00555.